The third-order valence-corrected chi connectivity index (χ3v) is 3.22. The maximum absolute atomic E-state index is 11.2. The predicted molar refractivity (Wildman–Crippen MR) is 79.6 cm³/mol. The van der Waals surface area contributed by atoms with Gasteiger partial charge >= 0.3 is 5.69 Å². The number of aryl methyl sites for hydroxylation is 1. The highest BCUT2D eigenvalue weighted by Gasteiger charge is 2.18. The molecular weight excluding hydrogens is 270 g/mol. The molecule has 2 aromatic rings. The topological polar surface area (TPSA) is 72.6 Å². The van der Waals surface area contributed by atoms with Crippen LogP contribution >= 0.6 is 0 Å². The van der Waals surface area contributed by atoms with Crippen molar-refractivity contribution in [3.05, 3.63) is 63.7 Å². The monoisotopic (exact) mass is 287 g/mol. The van der Waals surface area contributed by atoms with Crippen LogP contribution in [0, 0.1) is 10.1 Å². The van der Waals surface area contributed by atoms with Crippen LogP contribution in [-0.4, -0.2) is 10.0 Å². The molecule has 0 saturated carbocycles. The summed E-state index contributed by atoms with van der Waals surface area (Å²) in [7, 11) is 0. The van der Waals surface area contributed by atoms with Gasteiger partial charge in [-0.2, -0.15) is 0 Å². The number of nitro groups is 1. The smallest absolute Gasteiger partial charge is 0.311 e. The highest BCUT2D eigenvalue weighted by Crippen LogP contribution is 2.35. The van der Waals surface area contributed by atoms with E-state index in [9.17, 15) is 15.2 Å². The molecular formula is C16H17NO4. The van der Waals surface area contributed by atoms with Crippen molar-refractivity contribution in [1.29, 1.82) is 0 Å². The van der Waals surface area contributed by atoms with E-state index in [0.717, 1.165) is 5.56 Å². The Morgan fingerprint density at radius 3 is 2.57 bits per heavy atom. The average Bonchev–Trinajstić information content (AvgIpc) is 2.47. The van der Waals surface area contributed by atoms with Gasteiger partial charge in [0.15, 0.2) is 0 Å². The molecule has 0 saturated heterocycles. The molecule has 21 heavy (non-hydrogen) atoms. The third-order valence-electron chi connectivity index (χ3n) is 3.22. The number of nitro benzene ring substituents is 1. The summed E-state index contributed by atoms with van der Waals surface area (Å²) in [6, 6.07) is 11.9. The fraction of sp³-hybridized carbons (Fsp3) is 0.250. The molecule has 0 fully saturated rings. The fourth-order valence-corrected chi connectivity index (χ4v) is 2.05. The first-order valence-electron chi connectivity index (χ1n) is 6.75. The molecule has 0 spiro atoms. The van der Waals surface area contributed by atoms with Gasteiger partial charge < -0.3 is 9.84 Å². The Balaban J connectivity index is 2.42. The second-order valence-electron chi connectivity index (χ2n) is 4.73. The van der Waals surface area contributed by atoms with E-state index < -0.39 is 11.0 Å². The SMILES string of the molecule is CCc1ccc(Oc2ccccc2[C@H](C)O)c([N+](=O)[O-])c1. The van der Waals surface area contributed by atoms with Crippen molar-refractivity contribution < 1.29 is 14.8 Å². The molecule has 0 bridgehead atoms. The molecule has 0 radical (unpaired) electrons. The maximum Gasteiger partial charge on any atom is 0.311 e. The molecule has 0 aliphatic heterocycles. The number of rotatable bonds is 5. The lowest BCUT2D eigenvalue weighted by Crippen LogP contribution is -1.99. The molecule has 0 amide bonds. The molecule has 1 N–H and O–H groups in total. The van der Waals surface area contributed by atoms with Gasteiger partial charge in [0.1, 0.15) is 5.75 Å². The average molecular weight is 287 g/mol. The van der Waals surface area contributed by atoms with Crippen LogP contribution in [0.2, 0.25) is 0 Å². The minimum Gasteiger partial charge on any atom is -0.450 e. The van der Waals surface area contributed by atoms with Crippen molar-refractivity contribution in [3.8, 4) is 11.5 Å². The summed E-state index contributed by atoms with van der Waals surface area (Å²) in [5.74, 6) is 0.588. The minimum atomic E-state index is -0.713. The van der Waals surface area contributed by atoms with Crippen LogP contribution < -0.4 is 4.74 Å². The van der Waals surface area contributed by atoms with Gasteiger partial charge in [-0.15, -0.1) is 0 Å². The Morgan fingerprint density at radius 1 is 1.24 bits per heavy atom. The van der Waals surface area contributed by atoms with Crippen molar-refractivity contribution in [2.24, 2.45) is 0 Å². The third kappa shape index (κ3) is 3.38. The molecule has 110 valence electrons. The van der Waals surface area contributed by atoms with E-state index in [1.807, 2.05) is 6.92 Å². The Kier molecular flexibility index (Phi) is 4.55. The number of benzene rings is 2. The molecule has 5 nitrogen and oxygen atoms in total. The maximum atomic E-state index is 11.2. The molecule has 5 heteroatoms. The van der Waals surface area contributed by atoms with Crippen LogP contribution in [0.15, 0.2) is 42.5 Å². The standard InChI is InChI=1S/C16H17NO4/c1-3-12-8-9-16(14(10-12)17(19)20)21-15-7-5-4-6-13(15)11(2)18/h4-11,18H,3H2,1-2H3/t11-/m0/s1. The molecule has 0 aromatic heterocycles. The zero-order valence-electron chi connectivity index (χ0n) is 11.9. The Morgan fingerprint density at radius 2 is 1.95 bits per heavy atom. The molecule has 0 heterocycles. The second kappa shape index (κ2) is 6.37. The first kappa shape index (κ1) is 15.0. The predicted octanol–water partition coefficient (Wildman–Crippen LogP) is 4.00. The molecule has 0 unspecified atom stereocenters. The summed E-state index contributed by atoms with van der Waals surface area (Å²) in [4.78, 5) is 10.7. The number of aliphatic hydroxyl groups excluding tert-OH is 1. The van der Waals surface area contributed by atoms with Gasteiger partial charge in [0, 0.05) is 11.6 Å². The van der Waals surface area contributed by atoms with E-state index in [1.54, 1.807) is 43.3 Å². The second-order valence-corrected chi connectivity index (χ2v) is 4.73. The lowest BCUT2D eigenvalue weighted by Gasteiger charge is -2.13. The highest BCUT2D eigenvalue weighted by molar-refractivity contribution is 5.51. The fourth-order valence-electron chi connectivity index (χ4n) is 2.05. The lowest BCUT2D eigenvalue weighted by atomic mass is 10.1. The van der Waals surface area contributed by atoms with Crippen LogP contribution in [-0.2, 0) is 6.42 Å². The minimum absolute atomic E-state index is 0.0743. The van der Waals surface area contributed by atoms with E-state index in [1.165, 1.54) is 6.07 Å². The van der Waals surface area contributed by atoms with Crippen molar-refractivity contribution in [2.45, 2.75) is 26.4 Å². The van der Waals surface area contributed by atoms with E-state index in [-0.39, 0.29) is 11.4 Å². The largest absolute Gasteiger partial charge is 0.450 e. The summed E-state index contributed by atoms with van der Waals surface area (Å²) in [5.41, 5.74) is 1.39. The van der Waals surface area contributed by atoms with Gasteiger partial charge in [-0.05, 0) is 31.0 Å². The van der Waals surface area contributed by atoms with Crippen LogP contribution in [0.4, 0.5) is 5.69 Å². The van der Waals surface area contributed by atoms with Crippen molar-refractivity contribution >= 4 is 5.69 Å². The Hall–Kier alpha value is -2.40. The Bertz CT molecular complexity index is 652. The normalized spacial score (nSPS) is 12.0. The van der Waals surface area contributed by atoms with Crippen molar-refractivity contribution in [2.75, 3.05) is 0 Å². The lowest BCUT2D eigenvalue weighted by molar-refractivity contribution is -0.385. The van der Waals surface area contributed by atoms with E-state index >= 15 is 0 Å². The number of hydrogen-bond donors (Lipinski definition) is 1. The summed E-state index contributed by atoms with van der Waals surface area (Å²) < 4.78 is 5.66. The van der Waals surface area contributed by atoms with Gasteiger partial charge in [0.2, 0.25) is 5.75 Å². The molecule has 2 aromatic carbocycles. The van der Waals surface area contributed by atoms with Crippen molar-refractivity contribution in [3.63, 3.8) is 0 Å². The molecule has 0 aliphatic rings. The van der Waals surface area contributed by atoms with Gasteiger partial charge in [-0.3, -0.25) is 10.1 Å². The first-order valence-corrected chi connectivity index (χ1v) is 6.75. The molecule has 0 aliphatic carbocycles. The van der Waals surface area contributed by atoms with E-state index in [0.29, 0.717) is 17.7 Å². The Labute approximate surface area is 123 Å². The highest BCUT2D eigenvalue weighted by atomic mass is 16.6. The van der Waals surface area contributed by atoms with Crippen LogP contribution in [0.25, 0.3) is 0 Å². The number of nitrogens with zero attached hydrogens (tertiary/aromatic N) is 1. The first-order chi connectivity index (χ1) is 10.0. The van der Waals surface area contributed by atoms with Crippen LogP contribution in [0.1, 0.15) is 31.1 Å². The van der Waals surface area contributed by atoms with Gasteiger partial charge in [0.25, 0.3) is 0 Å². The molecule has 1 atom stereocenters. The molecule has 2 rings (SSSR count). The van der Waals surface area contributed by atoms with Gasteiger partial charge in [-0.1, -0.05) is 31.2 Å². The van der Waals surface area contributed by atoms with Crippen molar-refractivity contribution in [1.82, 2.24) is 0 Å². The van der Waals surface area contributed by atoms with Crippen LogP contribution in [0.3, 0.4) is 0 Å². The summed E-state index contributed by atoms with van der Waals surface area (Å²) in [6.45, 7) is 3.55. The number of para-hydroxylation sites is 1. The summed E-state index contributed by atoms with van der Waals surface area (Å²) in [5, 5.41) is 20.9. The zero-order chi connectivity index (χ0) is 15.4. The number of aliphatic hydroxyl groups is 1. The van der Waals surface area contributed by atoms with Gasteiger partial charge in [0.05, 0.1) is 11.0 Å². The quantitative estimate of drug-likeness (QED) is 0.666. The summed E-state index contributed by atoms with van der Waals surface area (Å²) >= 11 is 0. The number of hydrogen-bond acceptors (Lipinski definition) is 4. The van der Waals surface area contributed by atoms with E-state index in [2.05, 4.69) is 0 Å². The zero-order valence-corrected chi connectivity index (χ0v) is 11.9. The summed E-state index contributed by atoms with van der Waals surface area (Å²) in [6.07, 6.45) is 0.000867. The number of ether oxygens (including phenoxy) is 1. The van der Waals surface area contributed by atoms with Crippen LogP contribution in [0.5, 0.6) is 11.5 Å². The van der Waals surface area contributed by atoms with Gasteiger partial charge in [-0.25, -0.2) is 0 Å². The van der Waals surface area contributed by atoms with E-state index in [4.69, 9.17) is 4.74 Å².